The molecule has 0 heterocycles. The molecule has 0 aromatic heterocycles. The van der Waals surface area contributed by atoms with Crippen LogP contribution in [0.1, 0.15) is 12.0 Å². The van der Waals surface area contributed by atoms with Gasteiger partial charge in [-0.25, -0.2) is 0 Å². The third-order valence-electron chi connectivity index (χ3n) is 1.87. The van der Waals surface area contributed by atoms with Crippen LogP contribution in [0.3, 0.4) is 0 Å². The van der Waals surface area contributed by atoms with Gasteiger partial charge in [0, 0.05) is 14.5 Å². The Kier molecular flexibility index (Phi) is 4.88. The van der Waals surface area contributed by atoms with Gasteiger partial charge in [-0.05, 0) is 46.7 Å². The molecule has 14 heavy (non-hydrogen) atoms. The monoisotopic (exact) mass is 368 g/mol. The van der Waals surface area contributed by atoms with Crippen molar-refractivity contribution in [2.75, 3.05) is 7.11 Å². The Balaban J connectivity index is 2.71. The lowest BCUT2D eigenvalue weighted by Crippen LogP contribution is -2.03. The Morgan fingerprint density at radius 1 is 1.57 bits per heavy atom. The van der Waals surface area contributed by atoms with Crippen molar-refractivity contribution >= 4 is 44.5 Å². The maximum absolute atomic E-state index is 11.0. The summed E-state index contributed by atoms with van der Waals surface area (Å²) in [5.74, 6) is -0.170. The molecule has 0 aliphatic rings. The standard InChI is InChI=1S/C10H10BrIO2/c1-14-10(13)6-5-7-8(11)3-2-4-9(7)12/h2-4H,5-6H2,1H3. The Bertz CT molecular complexity index is 319. The number of carbonyl (C=O) groups excluding carboxylic acids is 1. The van der Waals surface area contributed by atoms with Gasteiger partial charge in [0.15, 0.2) is 0 Å². The van der Waals surface area contributed by atoms with Gasteiger partial charge in [-0.3, -0.25) is 4.79 Å². The molecular weight excluding hydrogens is 359 g/mol. The molecule has 0 fully saturated rings. The van der Waals surface area contributed by atoms with Crippen molar-refractivity contribution in [2.45, 2.75) is 12.8 Å². The largest absolute Gasteiger partial charge is 0.469 e. The predicted molar refractivity (Wildman–Crippen MR) is 67.2 cm³/mol. The Hall–Kier alpha value is -0.100. The minimum Gasteiger partial charge on any atom is -0.469 e. The van der Waals surface area contributed by atoms with E-state index in [2.05, 4.69) is 43.3 Å². The SMILES string of the molecule is COC(=O)CCc1c(Br)cccc1I. The molecule has 0 bridgehead atoms. The number of carbonyl (C=O) groups is 1. The number of benzene rings is 1. The lowest BCUT2D eigenvalue weighted by molar-refractivity contribution is -0.140. The van der Waals surface area contributed by atoms with Crippen LogP contribution in [-0.4, -0.2) is 13.1 Å². The summed E-state index contributed by atoms with van der Waals surface area (Å²) in [5.41, 5.74) is 1.17. The molecular formula is C10H10BrIO2. The highest BCUT2D eigenvalue weighted by atomic mass is 127. The molecule has 0 aliphatic heterocycles. The molecule has 0 saturated carbocycles. The highest BCUT2D eigenvalue weighted by molar-refractivity contribution is 14.1. The summed E-state index contributed by atoms with van der Waals surface area (Å²) in [5, 5.41) is 0. The second kappa shape index (κ2) is 5.70. The van der Waals surface area contributed by atoms with E-state index < -0.39 is 0 Å². The van der Waals surface area contributed by atoms with E-state index in [1.165, 1.54) is 16.2 Å². The van der Waals surface area contributed by atoms with Gasteiger partial charge >= 0.3 is 5.97 Å². The van der Waals surface area contributed by atoms with E-state index in [4.69, 9.17) is 0 Å². The van der Waals surface area contributed by atoms with Crippen LogP contribution in [0.2, 0.25) is 0 Å². The van der Waals surface area contributed by atoms with Gasteiger partial charge in [0.25, 0.3) is 0 Å². The summed E-state index contributed by atoms with van der Waals surface area (Å²) in [7, 11) is 1.41. The van der Waals surface area contributed by atoms with Crippen molar-refractivity contribution in [3.05, 3.63) is 31.8 Å². The molecule has 1 aromatic carbocycles. The molecule has 0 N–H and O–H groups in total. The molecule has 0 spiro atoms. The molecule has 0 aliphatic carbocycles. The minimum absolute atomic E-state index is 0.170. The van der Waals surface area contributed by atoms with Crippen LogP contribution in [0.5, 0.6) is 0 Å². The first-order valence-electron chi connectivity index (χ1n) is 4.15. The summed E-state index contributed by atoms with van der Waals surface area (Å²) in [6, 6.07) is 5.99. The fourth-order valence-electron chi connectivity index (χ4n) is 1.10. The molecule has 0 radical (unpaired) electrons. The topological polar surface area (TPSA) is 26.3 Å². The third kappa shape index (κ3) is 3.24. The van der Waals surface area contributed by atoms with E-state index in [0.717, 1.165) is 4.47 Å². The van der Waals surface area contributed by atoms with Gasteiger partial charge in [-0.15, -0.1) is 0 Å². The quantitative estimate of drug-likeness (QED) is 0.605. The Morgan fingerprint density at radius 2 is 2.29 bits per heavy atom. The number of methoxy groups -OCH3 is 1. The van der Waals surface area contributed by atoms with Crippen LogP contribution in [0.25, 0.3) is 0 Å². The highest BCUT2D eigenvalue weighted by Gasteiger charge is 2.07. The second-order valence-electron chi connectivity index (χ2n) is 2.78. The van der Waals surface area contributed by atoms with Crippen LogP contribution in [0, 0.1) is 3.57 Å². The third-order valence-corrected chi connectivity index (χ3v) is 3.62. The predicted octanol–water partition coefficient (Wildman–Crippen LogP) is 3.16. The first kappa shape index (κ1) is 12.0. The maximum atomic E-state index is 11.0. The van der Waals surface area contributed by atoms with Gasteiger partial charge in [0.05, 0.1) is 7.11 Å². The molecule has 0 unspecified atom stereocenters. The number of hydrogen-bond acceptors (Lipinski definition) is 2. The Labute approximate surface area is 105 Å². The van der Waals surface area contributed by atoms with E-state index in [0.29, 0.717) is 12.8 Å². The number of rotatable bonds is 3. The lowest BCUT2D eigenvalue weighted by atomic mass is 10.1. The van der Waals surface area contributed by atoms with Gasteiger partial charge in [0.2, 0.25) is 0 Å². The average molecular weight is 369 g/mol. The molecule has 0 amide bonds. The molecule has 2 nitrogen and oxygen atoms in total. The first-order valence-corrected chi connectivity index (χ1v) is 6.02. The number of hydrogen-bond donors (Lipinski definition) is 0. The van der Waals surface area contributed by atoms with E-state index >= 15 is 0 Å². The summed E-state index contributed by atoms with van der Waals surface area (Å²) < 4.78 is 6.81. The van der Waals surface area contributed by atoms with E-state index in [9.17, 15) is 4.79 Å². The smallest absolute Gasteiger partial charge is 0.305 e. The maximum Gasteiger partial charge on any atom is 0.305 e. The van der Waals surface area contributed by atoms with Gasteiger partial charge in [-0.1, -0.05) is 22.0 Å². The van der Waals surface area contributed by atoms with Crippen LogP contribution in [0.15, 0.2) is 22.7 Å². The van der Waals surface area contributed by atoms with E-state index in [1.54, 1.807) is 0 Å². The molecule has 4 heteroatoms. The number of halogens is 2. The van der Waals surface area contributed by atoms with Crippen molar-refractivity contribution < 1.29 is 9.53 Å². The van der Waals surface area contributed by atoms with Crippen molar-refractivity contribution in [3.63, 3.8) is 0 Å². The van der Waals surface area contributed by atoms with Gasteiger partial charge < -0.3 is 4.74 Å². The summed E-state index contributed by atoms with van der Waals surface area (Å²) >= 11 is 5.72. The Morgan fingerprint density at radius 3 is 2.86 bits per heavy atom. The summed E-state index contributed by atoms with van der Waals surface area (Å²) in [6.07, 6.45) is 1.14. The van der Waals surface area contributed by atoms with Crippen LogP contribution in [-0.2, 0) is 16.0 Å². The number of esters is 1. The van der Waals surface area contributed by atoms with Crippen LogP contribution >= 0.6 is 38.5 Å². The average Bonchev–Trinajstić information content (AvgIpc) is 2.16. The molecule has 76 valence electrons. The first-order chi connectivity index (χ1) is 6.65. The fraction of sp³-hybridized carbons (Fsp3) is 0.300. The zero-order valence-electron chi connectivity index (χ0n) is 7.72. The van der Waals surface area contributed by atoms with Gasteiger partial charge in [-0.2, -0.15) is 0 Å². The highest BCUT2D eigenvalue weighted by Crippen LogP contribution is 2.23. The van der Waals surface area contributed by atoms with Crippen molar-refractivity contribution in [3.8, 4) is 0 Å². The summed E-state index contributed by atoms with van der Waals surface area (Å²) in [6.45, 7) is 0. The molecule has 0 saturated heterocycles. The van der Waals surface area contributed by atoms with Crippen LogP contribution in [0.4, 0.5) is 0 Å². The second-order valence-corrected chi connectivity index (χ2v) is 4.79. The zero-order valence-corrected chi connectivity index (χ0v) is 11.5. The van der Waals surface area contributed by atoms with Crippen molar-refractivity contribution in [1.29, 1.82) is 0 Å². The van der Waals surface area contributed by atoms with Gasteiger partial charge in [0.1, 0.15) is 0 Å². The molecule has 1 aromatic rings. The zero-order chi connectivity index (χ0) is 10.6. The van der Waals surface area contributed by atoms with E-state index in [-0.39, 0.29) is 5.97 Å². The summed E-state index contributed by atoms with van der Waals surface area (Å²) in [4.78, 5) is 11.0. The number of ether oxygens (including phenoxy) is 1. The van der Waals surface area contributed by atoms with Crippen molar-refractivity contribution in [1.82, 2.24) is 0 Å². The van der Waals surface area contributed by atoms with E-state index in [1.807, 2.05) is 18.2 Å². The lowest BCUT2D eigenvalue weighted by Gasteiger charge is -2.05. The molecule has 1 rings (SSSR count). The van der Waals surface area contributed by atoms with Crippen LogP contribution < -0.4 is 0 Å². The fourth-order valence-corrected chi connectivity index (χ4v) is 2.80. The normalized spacial score (nSPS) is 9.93. The molecule has 0 atom stereocenters. The van der Waals surface area contributed by atoms with Crippen molar-refractivity contribution in [2.24, 2.45) is 0 Å². The minimum atomic E-state index is -0.170.